The maximum absolute atomic E-state index is 11.9. The standard InChI is InChI=1S/C11H6Cl2N2O/c1-5-7(4-14)11(16)6-2-3-8(12)9(13)10(6)15-5/h2-3H,1H3,(H,15,16). The summed E-state index contributed by atoms with van der Waals surface area (Å²) in [5, 5.41) is 9.89. The zero-order valence-electron chi connectivity index (χ0n) is 8.27. The molecule has 0 atom stereocenters. The number of aromatic nitrogens is 1. The molecule has 16 heavy (non-hydrogen) atoms. The van der Waals surface area contributed by atoms with Crippen molar-refractivity contribution in [1.82, 2.24) is 4.98 Å². The highest BCUT2D eigenvalue weighted by molar-refractivity contribution is 6.45. The number of halogens is 2. The number of rotatable bonds is 0. The van der Waals surface area contributed by atoms with E-state index in [2.05, 4.69) is 4.98 Å². The first-order valence-corrected chi connectivity index (χ1v) is 5.22. The van der Waals surface area contributed by atoms with E-state index in [9.17, 15) is 4.79 Å². The van der Waals surface area contributed by atoms with Crippen LogP contribution in [0.5, 0.6) is 0 Å². The van der Waals surface area contributed by atoms with Gasteiger partial charge in [0.1, 0.15) is 11.6 Å². The molecule has 0 aliphatic carbocycles. The summed E-state index contributed by atoms with van der Waals surface area (Å²) in [6, 6.07) is 4.97. The number of aryl methyl sites for hydroxylation is 1. The molecule has 1 aromatic heterocycles. The number of hydrogen-bond acceptors (Lipinski definition) is 2. The average Bonchev–Trinajstić information content (AvgIpc) is 2.25. The van der Waals surface area contributed by atoms with Crippen molar-refractivity contribution in [2.75, 3.05) is 0 Å². The molecular weight excluding hydrogens is 247 g/mol. The number of benzene rings is 1. The van der Waals surface area contributed by atoms with Gasteiger partial charge in [0, 0.05) is 11.1 Å². The number of nitrogens with one attached hydrogen (secondary N) is 1. The quantitative estimate of drug-likeness (QED) is 0.784. The molecule has 1 aromatic carbocycles. The normalized spacial score (nSPS) is 10.4. The van der Waals surface area contributed by atoms with Crippen LogP contribution in [0.4, 0.5) is 0 Å². The van der Waals surface area contributed by atoms with Crippen molar-refractivity contribution >= 4 is 34.1 Å². The molecule has 0 fully saturated rings. The zero-order valence-corrected chi connectivity index (χ0v) is 9.78. The van der Waals surface area contributed by atoms with Crippen molar-refractivity contribution < 1.29 is 0 Å². The Balaban J connectivity index is 3.06. The third kappa shape index (κ3) is 1.47. The van der Waals surface area contributed by atoms with Gasteiger partial charge in [0.15, 0.2) is 0 Å². The largest absolute Gasteiger partial charge is 0.356 e. The molecule has 0 aliphatic rings. The Labute approximate surface area is 101 Å². The number of hydrogen-bond donors (Lipinski definition) is 1. The van der Waals surface area contributed by atoms with Crippen molar-refractivity contribution in [2.24, 2.45) is 0 Å². The Morgan fingerprint density at radius 2 is 2.06 bits per heavy atom. The highest BCUT2D eigenvalue weighted by Crippen LogP contribution is 2.28. The number of nitriles is 1. The summed E-state index contributed by atoms with van der Waals surface area (Å²) >= 11 is 11.8. The Bertz CT molecular complexity index is 683. The Morgan fingerprint density at radius 3 is 2.69 bits per heavy atom. The number of H-pyrrole nitrogens is 1. The van der Waals surface area contributed by atoms with E-state index in [4.69, 9.17) is 28.5 Å². The van der Waals surface area contributed by atoms with Crippen LogP contribution < -0.4 is 5.43 Å². The van der Waals surface area contributed by atoms with Crippen LogP contribution in [-0.4, -0.2) is 4.98 Å². The van der Waals surface area contributed by atoms with Crippen molar-refractivity contribution in [3.63, 3.8) is 0 Å². The molecule has 2 aromatic rings. The molecule has 0 saturated carbocycles. The second-order valence-corrected chi connectivity index (χ2v) is 4.14. The monoisotopic (exact) mass is 252 g/mol. The van der Waals surface area contributed by atoms with Gasteiger partial charge >= 0.3 is 0 Å². The van der Waals surface area contributed by atoms with E-state index in [1.165, 1.54) is 6.07 Å². The summed E-state index contributed by atoms with van der Waals surface area (Å²) in [6.07, 6.45) is 0. The first-order chi connectivity index (χ1) is 7.56. The van der Waals surface area contributed by atoms with Crippen LogP contribution in [0.3, 0.4) is 0 Å². The molecule has 3 nitrogen and oxygen atoms in total. The van der Waals surface area contributed by atoms with Crippen molar-refractivity contribution in [3.8, 4) is 6.07 Å². The lowest BCUT2D eigenvalue weighted by molar-refractivity contribution is 1.21. The van der Waals surface area contributed by atoms with Gasteiger partial charge in [-0.15, -0.1) is 0 Å². The smallest absolute Gasteiger partial charge is 0.207 e. The first kappa shape index (κ1) is 11.0. The summed E-state index contributed by atoms with van der Waals surface area (Å²) in [5.41, 5.74) is 0.734. The molecule has 0 unspecified atom stereocenters. The van der Waals surface area contributed by atoms with E-state index in [0.717, 1.165) is 0 Å². The highest BCUT2D eigenvalue weighted by atomic mass is 35.5. The third-order valence-corrected chi connectivity index (χ3v) is 3.17. The average molecular weight is 253 g/mol. The Morgan fingerprint density at radius 1 is 1.38 bits per heavy atom. The molecule has 1 N–H and O–H groups in total. The van der Waals surface area contributed by atoms with E-state index in [-0.39, 0.29) is 11.0 Å². The van der Waals surface area contributed by atoms with Gasteiger partial charge in [-0.1, -0.05) is 23.2 Å². The zero-order chi connectivity index (χ0) is 11.9. The minimum Gasteiger partial charge on any atom is -0.356 e. The molecule has 0 spiro atoms. The molecule has 0 radical (unpaired) electrons. The predicted molar refractivity (Wildman–Crippen MR) is 64.0 cm³/mol. The second-order valence-electron chi connectivity index (χ2n) is 3.35. The maximum Gasteiger partial charge on any atom is 0.207 e. The lowest BCUT2D eigenvalue weighted by atomic mass is 10.1. The maximum atomic E-state index is 11.9. The lowest BCUT2D eigenvalue weighted by Gasteiger charge is -2.05. The van der Waals surface area contributed by atoms with Gasteiger partial charge in [-0.25, -0.2) is 0 Å². The van der Waals surface area contributed by atoms with Crippen LogP contribution in [0.2, 0.25) is 10.0 Å². The van der Waals surface area contributed by atoms with Crippen LogP contribution >= 0.6 is 23.2 Å². The molecule has 0 aliphatic heterocycles. The molecule has 5 heteroatoms. The van der Waals surface area contributed by atoms with Gasteiger partial charge in [-0.3, -0.25) is 4.79 Å². The van der Waals surface area contributed by atoms with Gasteiger partial charge in [0.2, 0.25) is 5.43 Å². The minimum absolute atomic E-state index is 0.103. The minimum atomic E-state index is -0.327. The molecule has 0 amide bonds. The number of fused-ring (bicyclic) bond motifs is 1. The summed E-state index contributed by atoms with van der Waals surface area (Å²) in [6.45, 7) is 1.65. The lowest BCUT2D eigenvalue weighted by Crippen LogP contribution is -2.10. The van der Waals surface area contributed by atoms with Gasteiger partial charge < -0.3 is 4.98 Å². The Hall–Kier alpha value is -1.50. The fraction of sp³-hybridized carbons (Fsp3) is 0.0909. The fourth-order valence-corrected chi connectivity index (χ4v) is 1.92. The first-order valence-electron chi connectivity index (χ1n) is 4.47. The Kier molecular flexibility index (Phi) is 2.63. The van der Waals surface area contributed by atoms with Crippen LogP contribution in [-0.2, 0) is 0 Å². The van der Waals surface area contributed by atoms with E-state index >= 15 is 0 Å². The molecule has 0 bridgehead atoms. The predicted octanol–water partition coefficient (Wildman–Crippen LogP) is 3.02. The highest BCUT2D eigenvalue weighted by Gasteiger charge is 2.12. The van der Waals surface area contributed by atoms with E-state index in [1.54, 1.807) is 13.0 Å². The summed E-state index contributed by atoms with van der Waals surface area (Å²) in [5.74, 6) is 0. The molecule has 80 valence electrons. The van der Waals surface area contributed by atoms with Crippen LogP contribution in [0.1, 0.15) is 11.3 Å². The summed E-state index contributed by atoms with van der Waals surface area (Å²) in [4.78, 5) is 14.8. The van der Waals surface area contributed by atoms with Gasteiger partial charge in [-0.05, 0) is 19.1 Å². The van der Waals surface area contributed by atoms with Crippen molar-refractivity contribution in [1.29, 1.82) is 5.26 Å². The third-order valence-electron chi connectivity index (χ3n) is 2.37. The SMILES string of the molecule is Cc1[nH]c2c(Cl)c(Cl)ccc2c(=O)c1C#N. The number of pyridine rings is 1. The van der Waals surface area contributed by atoms with Crippen LogP contribution in [0, 0.1) is 18.3 Å². The van der Waals surface area contributed by atoms with Crippen LogP contribution in [0.15, 0.2) is 16.9 Å². The molecule has 2 rings (SSSR count). The van der Waals surface area contributed by atoms with Gasteiger partial charge in [-0.2, -0.15) is 5.26 Å². The van der Waals surface area contributed by atoms with Crippen molar-refractivity contribution in [3.05, 3.63) is 43.7 Å². The second kappa shape index (κ2) is 3.82. The van der Waals surface area contributed by atoms with Gasteiger partial charge in [0.05, 0.1) is 15.6 Å². The molecule has 1 heterocycles. The van der Waals surface area contributed by atoms with Crippen molar-refractivity contribution in [2.45, 2.75) is 6.92 Å². The van der Waals surface area contributed by atoms with E-state index in [1.807, 2.05) is 6.07 Å². The number of nitrogens with zero attached hydrogens (tertiary/aromatic N) is 1. The van der Waals surface area contributed by atoms with Crippen LogP contribution in [0.25, 0.3) is 10.9 Å². The fourth-order valence-electron chi connectivity index (χ4n) is 1.55. The van der Waals surface area contributed by atoms with E-state index < -0.39 is 0 Å². The van der Waals surface area contributed by atoms with Gasteiger partial charge in [0.25, 0.3) is 0 Å². The molecule has 0 saturated heterocycles. The number of aromatic amines is 1. The summed E-state index contributed by atoms with van der Waals surface area (Å²) < 4.78 is 0. The topological polar surface area (TPSA) is 56.6 Å². The van der Waals surface area contributed by atoms with E-state index in [0.29, 0.717) is 26.6 Å². The summed E-state index contributed by atoms with van der Waals surface area (Å²) in [7, 11) is 0. The molecular formula is C11H6Cl2N2O.